The molecule has 1 rings (SSSR count). The molecule has 0 saturated carbocycles. The molecule has 0 atom stereocenters. The highest BCUT2D eigenvalue weighted by Gasteiger charge is 2.04. The van der Waals surface area contributed by atoms with E-state index in [1.54, 1.807) is 6.92 Å². The van der Waals surface area contributed by atoms with Crippen molar-refractivity contribution < 1.29 is 11.0 Å². The molecule has 0 bridgehead atoms. The minimum absolute atomic E-state index is 0. The topological polar surface area (TPSA) is 46.2 Å². The van der Waals surface area contributed by atoms with Crippen LogP contribution in [0.2, 0.25) is 0 Å². The van der Waals surface area contributed by atoms with Crippen LogP contribution in [0.15, 0.2) is 30.3 Å². The van der Waals surface area contributed by atoms with E-state index in [0.717, 1.165) is 5.56 Å². The van der Waals surface area contributed by atoms with Crippen LogP contribution in [0.3, 0.4) is 0 Å². The normalized spacial score (nSPS) is 9.67. The van der Waals surface area contributed by atoms with Gasteiger partial charge in [0.15, 0.2) is 5.78 Å². The van der Waals surface area contributed by atoms with Crippen molar-refractivity contribution in [1.29, 1.82) is 0 Å². The highest BCUT2D eigenvalue weighted by atomic mass is 16.2. The molecule has 1 aromatic rings. The molecule has 0 aliphatic carbocycles. The standard InChI is InChI=1S/C12H15NO2.H2/c1-2-11(14)9-13-12(15)8-10-6-4-3-5-7-10;/h3-7H,2,8-9H2,1H3,(H,13,15);1H. The third-order valence-electron chi connectivity index (χ3n) is 2.08. The average molecular weight is 207 g/mol. The Balaban J connectivity index is 0.00000225. The summed E-state index contributed by atoms with van der Waals surface area (Å²) in [5.41, 5.74) is 0.957. The molecule has 0 aliphatic heterocycles. The fourth-order valence-electron chi connectivity index (χ4n) is 1.17. The van der Waals surface area contributed by atoms with Crippen LogP contribution in [0, 0.1) is 0 Å². The molecular weight excluding hydrogens is 190 g/mol. The van der Waals surface area contributed by atoms with Crippen molar-refractivity contribution in [2.24, 2.45) is 0 Å². The van der Waals surface area contributed by atoms with Crippen molar-refractivity contribution in [3.63, 3.8) is 0 Å². The number of carbonyl (C=O) groups excluding carboxylic acids is 2. The van der Waals surface area contributed by atoms with Gasteiger partial charge >= 0.3 is 0 Å². The largest absolute Gasteiger partial charge is 0.349 e. The third-order valence-corrected chi connectivity index (χ3v) is 2.08. The first kappa shape index (κ1) is 11.4. The zero-order valence-electron chi connectivity index (χ0n) is 8.82. The van der Waals surface area contributed by atoms with Crippen LogP contribution >= 0.6 is 0 Å². The highest BCUT2D eigenvalue weighted by Crippen LogP contribution is 1.98. The molecule has 3 nitrogen and oxygen atoms in total. The Kier molecular flexibility index (Phi) is 4.54. The molecule has 82 valence electrons. The maximum absolute atomic E-state index is 11.4. The molecule has 1 N–H and O–H groups in total. The van der Waals surface area contributed by atoms with Gasteiger partial charge in [-0.15, -0.1) is 0 Å². The first-order valence-corrected chi connectivity index (χ1v) is 5.04. The quantitative estimate of drug-likeness (QED) is 0.796. The summed E-state index contributed by atoms with van der Waals surface area (Å²) in [5, 5.41) is 2.59. The van der Waals surface area contributed by atoms with Gasteiger partial charge in [0.1, 0.15) is 0 Å². The van der Waals surface area contributed by atoms with Gasteiger partial charge in [-0.2, -0.15) is 0 Å². The molecule has 0 heterocycles. The van der Waals surface area contributed by atoms with Crippen molar-refractivity contribution in [1.82, 2.24) is 5.32 Å². The molecule has 0 spiro atoms. The van der Waals surface area contributed by atoms with Crippen LogP contribution in [-0.4, -0.2) is 18.2 Å². The summed E-state index contributed by atoms with van der Waals surface area (Å²) in [7, 11) is 0. The Morgan fingerprint density at radius 1 is 1.27 bits per heavy atom. The van der Waals surface area contributed by atoms with Crippen LogP contribution < -0.4 is 5.32 Å². The second kappa shape index (κ2) is 5.96. The summed E-state index contributed by atoms with van der Waals surface area (Å²) in [6, 6.07) is 9.46. The SMILES string of the molecule is CCC(=O)CNC(=O)Cc1ccccc1.[HH]. The number of Topliss-reactive ketones (excluding diaryl/α,β-unsaturated/α-hetero) is 1. The Labute approximate surface area is 91.0 Å². The molecule has 15 heavy (non-hydrogen) atoms. The van der Waals surface area contributed by atoms with Crippen molar-refractivity contribution in [2.45, 2.75) is 19.8 Å². The highest BCUT2D eigenvalue weighted by molar-refractivity contribution is 5.86. The van der Waals surface area contributed by atoms with E-state index >= 15 is 0 Å². The van der Waals surface area contributed by atoms with Crippen molar-refractivity contribution in [3.8, 4) is 0 Å². The van der Waals surface area contributed by atoms with Gasteiger partial charge in [-0.3, -0.25) is 9.59 Å². The van der Waals surface area contributed by atoms with Gasteiger partial charge in [-0.1, -0.05) is 37.3 Å². The number of carbonyl (C=O) groups is 2. The minimum Gasteiger partial charge on any atom is -0.349 e. The molecule has 3 heteroatoms. The molecule has 0 aliphatic rings. The van der Waals surface area contributed by atoms with Crippen molar-refractivity contribution in [2.75, 3.05) is 6.54 Å². The predicted octanol–water partition coefficient (Wildman–Crippen LogP) is 1.57. The van der Waals surface area contributed by atoms with Gasteiger partial charge in [0.25, 0.3) is 0 Å². The van der Waals surface area contributed by atoms with Crippen LogP contribution in [0.5, 0.6) is 0 Å². The minimum atomic E-state index is -0.108. The molecular formula is C12H17NO2. The van der Waals surface area contributed by atoms with Gasteiger partial charge < -0.3 is 5.32 Å². The molecule has 0 unspecified atom stereocenters. The number of nitrogens with one attached hydrogen (secondary N) is 1. The van der Waals surface area contributed by atoms with Crippen LogP contribution in [0.4, 0.5) is 0 Å². The molecule has 0 fully saturated rings. The van der Waals surface area contributed by atoms with Gasteiger partial charge in [-0.05, 0) is 5.56 Å². The summed E-state index contributed by atoms with van der Waals surface area (Å²) >= 11 is 0. The van der Waals surface area contributed by atoms with E-state index in [9.17, 15) is 9.59 Å². The summed E-state index contributed by atoms with van der Waals surface area (Å²) in [5.74, 6) is -0.0561. The first-order chi connectivity index (χ1) is 7.22. The monoisotopic (exact) mass is 207 g/mol. The second-order valence-electron chi connectivity index (χ2n) is 3.33. The fraction of sp³-hybridized carbons (Fsp3) is 0.333. The van der Waals surface area contributed by atoms with Crippen LogP contribution in [0.1, 0.15) is 20.3 Å². The lowest BCUT2D eigenvalue weighted by Gasteiger charge is -2.03. The number of amides is 1. The lowest BCUT2D eigenvalue weighted by atomic mass is 10.1. The molecule has 0 aromatic heterocycles. The maximum Gasteiger partial charge on any atom is 0.224 e. The molecule has 0 radical (unpaired) electrons. The van der Waals surface area contributed by atoms with Gasteiger partial charge in [-0.25, -0.2) is 0 Å². The molecule has 0 saturated heterocycles. The second-order valence-corrected chi connectivity index (χ2v) is 3.33. The Hall–Kier alpha value is -1.64. The van der Waals surface area contributed by atoms with E-state index in [1.165, 1.54) is 0 Å². The van der Waals surface area contributed by atoms with E-state index < -0.39 is 0 Å². The summed E-state index contributed by atoms with van der Waals surface area (Å²) in [4.78, 5) is 22.3. The van der Waals surface area contributed by atoms with E-state index in [1.807, 2.05) is 30.3 Å². The van der Waals surface area contributed by atoms with E-state index in [4.69, 9.17) is 0 Å². The molecule has 1 aromatic carbocycles. The van der Waals surface area contributed by atoms with Crippen LogP contribution in [-0.2, 0) is 16.0 Å². The fourth-order valence-corrected chi connectivity index (χ4v) is 1.17. The zero-order valence-corrected chi connectivity index (χ0v) is 8.82. The van der Waals surface area contributed by atoms with E-state index in [0.29, 0.717) is 12.8 Å². The Bertz CT molecular complexity index is 338. The number of hydrogen-bond acceptors (Lipinski definition) is 2. The van der Waals surface area contributed by atoms with E-state index in [2.05, 4.69) is 5.32 Å². The van der Waals surface area contributed by atoms with E-state index in [-0.39, 0.29) is 19.7 Å². The van der Waals surface area contributed by atoms with Gasteiger partial charge in [0.05, 0.1) is 13.0 Å². The number of hydrogen-bond donors (Lipinski definition) is 1. The van der Waals surface area contributed by atoms with Crippen molar-refractivity contribution >= 4 is 11.7 Å². The lowest BCUT2D eigenvalue weighted by molar-refractivity contribution is -0.124. The smallest absolute Gasteiger partial charge is 0.224 e. The number of ketones is 1. The van der Waals surface area contributed by atoms with Gasteiger partial charge in [0.2, 0.25) is 5.91 Å². The third kappa shape index (κ3) is 4.40. The van der Waals surface area contributed by atoms with Crippen LogP contribution in [0.25, 0.3) is 0 Å². The molecule has 1 amide bonds. The van der Waals surface area contributed by atoms with Gasteiger partial charge in [0, 0.05) is 7.85 Å². The first-order valence-electron chi connectivity index (χ1n) is 5.04. The maximum atomic E-state index is 11.4. The zero-order chi connectivity index (χ0) is 11.1. The lowest BCUT2D eigenvalue weighted by Crippen LogP contribution is -2.30. The number of benzene rings is 1. The Morgan fingerprint density at radius 3 is 2.53 bits per heavy atom. The number of rotatable bonds is 5. The summed E-state index contributed by atoms with van der Waals surface area (Å²) < 4.78 is 0. The average Bonchev–Trinajstić information content (AvgIpc) is 2.27. The summed E-state index contributed by atoms with van der Waals surface area (Å²) in [6.45, 7) is 1.92. The predicted molar refractivity (Wildman–Crippen MR) is 60.6 cm³/mol. The summed E-state index contributed by atoms with van der Waals surface area (Å²) in [6.07, 6.45) is 0.795. The Morgan fingerprint density at radius 2 is 1.93 bits per heavy atom. The van der Waals surface area contributed by atoms with Crippen molar-refractivity contribution in [3.05, 3.63) is 35.9 Å².